The number of nitrogens with one attached hydrogen (secondary N) is 1. The summed E-state index contributed by atoms with van der Waals surface area (Å²) in [6, 6.07) is 0. The largest absolute Gasteiger partial charge is 0.477 e. The van der Waals surface area contributed by atoms with Gasteiger partial charge in [0.25, 0.3) is 0 Å². The lowest BCUT2D eigenvalue weighted by Crippen LogP contribution is -2.36. The topological polar surface area (TPSA) is 130 Å². The number of nitrogens with zero attached hydrogens (tertiary/aromatic N) is 4. The van der Waals surface area contributed by atoms with E-state index in [0.717, 1.165) is 6.26 Å². The monoisotopic (exact) mass is 493 g/mol. The number of hydrogen-bond acceptors (Lipinski definition) is 9. The molecule has 0 aliphatic rings. The van der Waals surface area contributed by atoms with Crippen molar-refractivity contribution in [3.05, 3.63) is 11.0 Å². The van der Waals surface area contributed by atoms with Crippen LogP contribution in [0.15, 0.2) is 5.16 Å². The molecule has 2 heterocycles. The van der Waals surface area contributed by atoms with Gasteiger partial charge < -0.3 is 19.7 Å². The van der Waals surface area contributed by atoms with Crippen molar-refractivity contribution >= 4 is 45.0 Å². The standard InChI is InChI=1S/C19H29ClFN5O5S/c1-7-10-30-16-11-13(12(21)14(20)24-16)23-17(32(6,28)29)25-15(11)22-8-9-26(5)18(27)31-19(2,3)4/h28-29H,7-10H2,1-6H3,(H,22,23,25). The van der Waals surface area contributed by atoms with Gasteiger partial charge in [-0.1, -0.05) is 18.5 Å². The molecule has 0 fully saturated rings. The zero-order chi connectivity index (χ0) is 24.3. The highest BCUT2D eigenvalue weighted by molar-refractivity contribution is 8.23. The first-order valence-corrected chi connectivity index (χ1v) is 12.2. The van der Waals surface area contributed by atoms with Gasteiger partial charge in [0.05, 0.1) is 6.61 Å². The van der Waals surface area contributed by atoms with Gasteiger partial charge in [-0.25, -0.2) is 14.2 Å². The lowest BCUT2D eigenvalue weighted by Gasteiger charge is -2.26. The normalized spacial score (nSPS) is 12.6. The maximum atomic E-state index is 14.8. The Bertz CT molecular complexity index is 983. The molecule has 0 aliphatic carbocycles. The number of amides is 1. The maximum absolute atomic E-state index is 14.8. The Balaban J connectivity index is 2.42. The molecule has 2 aromatic rings. The number of aromatic nitrogens is 3. The van der Waals surface area contributed by atoms with Crippen molar-refractivity contribution in [3.63, 3.8) is 0 Å². The summed E-state index contributed by atoms with van der Waals surface area (Å²) in [4.78, 5) is 25.6. The summed E-state index contributed by atoms with van der Waals surface area (Å²) in [5, 5.41) is 2.25. The lowest BCUT2D eigenvalue weighted by molar-refractivity contribution is 0.0305. The van der Waals surface area contributed by atoms with Crippen LogP contribution in [-0.2, 0) is 4.74 Å². The maximum Gasteiger partial charge on any atom is 0.410 e. The minimum Gasteiger partial charge on any atom is -0.477 e. The minimum atomic E-state index is -3.37. The summed E-state index contributed by atoms with van der Waals surface area (Å²) < 4.78 is 45.8. The van der Waals surface area contributed by atoms with Gasteiger partial charge >= 0.3 is 6.09 Å². The van der Waals surface area contributed by atoms with Crippen LogP contribution in [0.4, 0.5) is 15.0 Å². The second-order valence-corrected chi connectivity index (χ2v) is 10.5. The fourth-order valence-corrected chi connectivity index (χ4v) is 3.17. The highest BCUT2D eigenvalue weighted by Crippen LogP contribution is 2.44. The number of carbonyl (C=O) groups is 1. The molecular weight excluding hydrogens is 465 g/mol. The Morgan fingerprint density at radius 2 is 1.94 bits per heavy atom. The molecule has 0 bridgehead atoms. The molecule has 10 nitrogen and oxygen atoms in total. The molecule has 0 aromatic carbocycles. The summed E-state index contributed by atoms with van der Waals surface area (Å²) in [7, 11) is -1.80. The lowest BCUT2D eigenvalue weighted by atomic mass is 10.2. The SMILES string of the molecule is CCCOc1nc(Cl)c(F)c2nc(S(C)(O)O)nc(NCCN(C)C(=O)OC(C)(C)C)c12. The fourth-order valence-electron chi connectivity index (χ4n) is 2.47. The average molecular weight is 494 g/mol. The zero-order valence-electron chi connectivity index (χ0n) is 18.9. The van der Waals surface area contributed by atoms with Crippen molar-refractivity contribution in [2.75, 3.05) is 38.3 Å². The van der Waals surface area contributed by atoms with Gasteiger partial charge in [0, 0.05) is 26.4 Å². The van der Waals surface area contributed by atoms with Crippen LogP contribution in [0.1, 0.15) is 34.1 Å². The Morgan fingerprint density at radius 3 is 2.50 bits per heavy atom. The van der Waals surface area contributed by atoms with E-state index < -0.39 is 33.3 Å². The van der Waals surface area contributed by atoms with E-state index in [2.05, 4.69) is 20.3 Å². The van der Waals surface area contributed by atoms with E-state index in [0.29, 0.717) is 6.42 Å². The molecule has 0 spiro atoms. The van der Waals surface area contributed by atoms with E-state index in [1.165, 1.54) is 4.90 Å². The molecule has 0 aliphatic heterocycles. The first-order chi connectivity index (χ1) is 14.7. The van der Waals surface area contributed by atoms with Gasteiger partial charge in [0.2, 0.25) is 11.0 Å². The van der Waals surface area contributed by atoms with Crippen LogP contribution < -0.4 is 10.1 Å². The van der Waals surface area contributed by atoms with Crippen LogP contribution in [0.25, 0.3) is 10.9 Å². The van der Waals surface area contributed by atoms with Gasteiger partial charge in [-0.2, -0.15) is 9.97 Å². The summed E-state index contributed by atoms with van der Waals surface area (Å²) in [6.07, 6.45) is 1.28. The predicted molar refractivity (Wildman–Crippen MR) is 122 cm³/mol. The highest BCUT2D eigenvalue weighted by Gasteiger charge is 2.25. The van der Waals surface area contributed by atoms with E-state index >= 15 is 0 Å². The van der Waals surface area contributed by atoms with Gasteiger partial charge in [-0.3, -0.25) is 9.11 Å². The molecule has 0 saturated heterocycles. The molecule has 2 rings (SSSR count). The molecule has 3 N–H and O–H groups in total. The van der Waals surface area contributed by atoms with Crippen LogP contribution >= 0.6 is 22.2 Å². The first kappa shape index (κ1) is 26.1. The van der Waals surface area contributed by atoms with Gasteiger partial charge in [-0.15, -0.1) is 10.6 Å². The van der Waals surface area contributed by atoms with Crippen molar-refractivity contribution in [1.29, 1.82) is 0 Å². The Hall–Kier alpha value is -2.15. The third-order valence-corrected chi connectivity index (χ3v) is 5.05. The number of carbonyl (C=O) groups excluding carboxylic acids is 1. The van der Waals surface area contributed by atoms with Gasteiger partial charge in [-0.05, 0) is 27.2 Å². The number of fused-ring (bicyclic) bond motifs is 1. The third-order valence-electron chi connectivity index (χ3n) is 3.92. The van der Waals surface area contributed by atoms with Crippen molar-refractivity contribution in [2.45, 2.75) is 44.9 Å². The quantitative estimate of drug-likeness (QED) is 0.356. The number of rotatable bonds is 8. The van der Waals surface area contributed by atoms with E-state index in [1.54, 1.807) is 27.8 Å². The Kier molecular flexibility index (Phi) is 8.32. The molecule has 13 heteroatoms. The van der Waals surface area contributed by atoms with Crippen LogP contribution in [0, 0.1) is 5.82 Å². The molecule has 180 valence electrons. The van der Waals surface area contributed by atoms with E-state index in [-0.39, 0.29) is 47.5 Å². The molecule has 2 aromatic heterocycles. The molecule has 0 unspecified atom stereocenters. The van der Waals surface area contributed by atoms with Crippen molar-refractivity contribution in [1.82, 2.24) is 19.9 Å². The van der Waals surface area contributed by atoms with Crippen molar-refractivity contribution in [2.24, 2.45) is 0 Å². The fraction of sp³-hybridized carbons (Fsp3) is 0.579. The van der Waals surface area contributed by atoms with Crippen molar-refractivity contribution < 1.29 is 27.8 Å². The number of halogens is 2. The number of anilines is 1. The molecule has 0 atom stereocenters. The molecule has 1 amide bonds. The summed E-state index contributed by atoms with van der Waals surface area (Å²) in [5.74, 6) is -0.860. The van der Waals surface area contributed by atoms with Crippen molar-refractivity contribution in [3.8, 4) is 5.88 Å². The third kappa shape index (κ3) is 6.67. The molecule has 32 heavy (non-hydrogen) atoms. The second kappa shape index (κ2) is 10.2. The highest BCUT2D eigenvalue weighted by atomic mass is 35.5. The molecular formula is C19H29ClFN5O5S. The van der Waals surface area contributed by atoms with Crippen LogP contribution in [0.2, 0.25) is 5.15 Å². The number of ether oxygens (including phenoxy) is 2. The summed E-state index contributed by atoms with van der Waals surface area (Å²) >= 11 is 5.90. The predicted octanol–water partition coefficient (Wildman–Crippen LogP) is 4.62. The van der Waals surface area contributed by atoms with E-state index in [4.69, 9.17) is 21.1 Å². The van der Waals surface area contributed by atoms with Gasteiger partial charge in [0.1, 0.15) is 22.3 Å². The number of pyridine rings is 1. The first-order valence-electron chi connectivity index (χ1n) is 9.85. The van der Waals surface area contributed by atoms with E-state index in [1.807, 2.05) is 6.92 Å². The van der Waals surface area contributed by atoms with Crippen LogP contribution in [0.5, 0.6) is 5.88 Å². The number of likely N-dealkylation sites (N-methyl/N-ethyl adjacent to an activating group) is 1. The Morgan fingerprint density at radius 1 is 1.28 bits per heavy atom. The Labute approximate surface area is 192 Å². The average Bonchev–Trinajstić information content (AvgIpc) is 2.67. The minimum absolute atomic E-state index is 0.00961. The summed E-state index contributed by atoms with van der Waals surface area (Å²) in [6.45, 7) is 7.86. The summed E-state index contributed by atoms with van der Waals surface area (Å²) in [5.41, 5.74) is -0.897. The van der Waals surface area contributed by atoms with Crippen LogP contribution in [0.3, 0.4) is 0 Å². The van der Waals surface area contributed by atoms with Gasteiger partial charge in [0.15, 0.2) is 11.0 Å². The second-order valence-electron chi connectivity index (χ2n) is 8.11. The van der Waals surface area contributed by atoms with E-state index in [9.17, 15) is 18.3 Å². The number of hydrogen-bond donors (Lipinski definition) is 3. The zero-order valence-corrected chi connectivity index (χ0v) is 20.5. The smallest absolute Gasteiger partial charge is 0.410 e. The molecule has 0 radical (unpaired) electrons. The molecule has 0 saturated carbocycles. The van der Waals surface area contributed by atoms with Crippen LogP contribution in [-0.4, -0.2) is 73.7 Å².